The predicted molar refractivity (Wildman–Crippen MR) is 87.3 cm³/mol. The normalized spacial score (nSPS) is 34.1. The Labute approximate surface area is 132 Å². The first kappa shape index (κ1) is 16.1. The number of nitrogens with one attached hydrogen (secondary N) is 1. The van der Waals surface area contributed by atoms with E-state index in [4.69, 9.17) is 15.3 Å². The second kappa shape index (κ2) is 7.64. The van der Waals surface area contributed by atoms with Gasteiger partial charge in [-0.15, -0.1) is 0 Å². The highest BCUT2D eigenvalue weighted by Gasteiger charge is 2.40. The molecule has 0 aromatic carbocycles. The van der Waals surface area contributed by atoms with E-state index in [0.717, 1.165) is 32.5 Å². The second-order valence-electron chi connectivity index (χ2n) is 6.88. The van der Waals surface area contributed by atoms with E-state index >= 15 is 0 Å². The van der Waals surface area contributed by atoms with Crippen molar-refractivity contribution in [1.82, 2.24) is 5.43 Å². The van der Waals surface area contributed by atoms with Gasteiger partial charge in [-0.25, -0.2) is 0 Å². The molecule has 3 unspecified atom stereocenters. The average molecular weight is 314 g/mol. The molecule has 3 heterocycles. The van der Waals surface area contributed by atoms with Crippen LogP contribution in [0.15, 0.2) is 0 Å². The van der Waals surface area contributed by atoms with E-state index in [1.54, 1.807) is 0 Å². The predicted octanol–water partition coefficient (Wildman–Crippen LogP) is 2.47. The summed E-state index contributed by atoms with van der Waals surface area (Å²) >= 11 is 2.07. The molecule has 3 N–H and O–H groups in total. The van der Waals surface area contributed by atoms with Crippen LogP contribution in [0.1, 0.15) is 51.4 Å². The number of thioether (sulfide) groups is 1. The summed E-state index contributed by atoms with van der Waals surface area (Å²) in [6.45, 7) is 1.86. The molecular formula is C16H30N2O2S. The minimum atomic E-state index is 0.160. The van der Waals surface area contributed by atoms with Crippen molar-refractivity contribution in [3.05, 3.63) is 0 Å². The fourth-order valence-electron chi connectivity index (χ4n) is 4.19. The molecule has 3 atom stereocenters. The highest BCUT2D eigenvalue weighted by molar-refractivity contribution is 7.99. The van der Waals surface area contributed by atoms with Crippen LogP contribution in [0.4, 0.5) is 0 Å². The van der Waals surface area contributed by atoms with Gasteiger partial charge >= 0.3 is 0 Å². The lowest BCUT2D eigenvalue weighted by Crippen LogP contribution is -2.50. The molecule has 3 aliphatic heterocycles. The van der Waals surface area contributed by atoms with Gasteiger partial charge in [0.2, 0.25) is 0 Å². The van der Waals surface area contributed by atoms with Crippen molar-refractivity contribution in [2.24, 2.45) is 11.8 Å². The molecule has 4 nitrogen and oxygen atoms in total. The molecule has 0 aliphatic carbocycles. The van der Waals surface area contributed by atoms with E-state index in [-0.39, 0.29) is 5.60 Å². The molecule has 1 spiro atoms. The molecule has 21 heavy (non-hydrogen) atoms. The van der Waals surface area contributed by atoms with Gasteiger partial charge in [0.25, 0.3) is 0 Å². The molecule has 0 aromatic heterocycles. The first-order valence-corrected chi connectivity index (χ1v) is 9.76. The maximum Gasteiger partial charge on any atom is 0.0701 e. The Kier molecular flexibility index (Phi) is 5.85. The van der Waals surface area contributed by atoms with Crippen LogP contribution in [0.2, 0.25) is 0 Å². The summed E-state index contributed by atoms with van der Waals surface area (Å²) in [5, 5.41) is 0. The van der Waals surface area contributed by atoms with E-state index in [2.05, 4.69) is 17.2 Å². The van der Waals surface area contributed by atoms with Crippen molar-refractivity contribution in [2.45, 2.75) is 69.1 Å². The zero-order chi connectivity index (χ0) is 14.5. The topological polar surface area (TPSA) is 56.5 Å². The minimum absolute atomic E-state index is 0.160. The van der Waals surface area contributed by atoms with Crippen LogP contribution < -0.4 is 11.3 Å². The Hall–Kier alpha value is 0.190. The summed E-state index contributed by atoms with van der Waals surface area (Å²) < 4.78 is 12.0. The van der Waals surface area contributed by atoms with Crippen molar-refractivity contribution < 1.29 is 9.47 Å². The molecule has 0 radical (unpaired) electrons. The summed E-state index contributed by atoms with van der Waals surface area (Å²) in [7, 11) is 0. The van der Waals surface area contributed by atoms with Gasteiger partial charge in [-0.2, -0.15) is 11.8 Å². The lowest BCUT2D eigenvalue weighted by Gasteiger charge is -2.45. The number of rotatable bonds is 5. The molecule has 0 bridgehead atoms. The molecule has 122 valence electrons. The largest absolute Gasteiger partial charge is 0.378 e. The van der Waals surface area contributed by atoms with Crippen LogP contribution >= 0.6 is 11.8 Å². The van der Waals surface area contributed by atoms with Crippen LogP contribution in [-0.2, 0) is 9.47 Å². The number of hydrazine groups is 1. The SMILES string of the molecule is NNC(CCC1CCCO1)C1CCOC2(CCSCC2)C1. The van der Waals surface area contributed by atoms with E-state index in [9.17, 15) is 0 Å². The number of ether oxygens (including phenoxy) is 2. The number of nitrogens with two attached hydrogens (primary N) is 1. The van der Waals surface area contributed by atoms with Gasteiger partial charge in [-0.3, -0.25) is 11.3 Å². The van der Waals surface area contributed by atoms with Gasteiger partial charge in [0.05, 0.1) is 11.7 Å². The Morgan fingerprint density at radius 3 is 2.81 bits per heavy atom. The molecular weight excluding hydrogens is 284 g/mol. The molecule has 5 heteroatoms. The van der Waals surface area contributed by atoms with Crippen molar-refractivity contribution in [2.75, 3.05) is 24.7 Å². The molecule has 3 saturated heterocycles. The van der Waals surface area contributed by atoms with Crippen LogP contribution in [-0.4, -0.2) is 42.5 Å². The molecule has 0 amide bonds. The zero-order valence-corrected chi connectivity index (χ0v) is 13.8. The minimum Gasteiger partial charge on any atom is -0.378 e. The third-order valence-electron chi connectivity index (χ3n) is 5.54. The van der Waals surface area contributed by atoms with Crippen LogP contribution in [0.25, 0.3) is 0 Å². The van der Waals surface area contributed by atoms with E-state index in [1.807, 2.05) is 0 Å². The van der Waals surface area contributed by atoms with Crippen LogP contribution in [0.3, 0.4) is 0 Å². The third-order valence-corrected chi connectivity index (χ3v) is 6.53. The molecule has 3 aliphatic rings. The zero-order valence-electron chi connectivity index (χ0n) is 13.0. The molecule has 0 saturated carbocycles. The Bertz CT molecular complexity index is 312. The van der Waals surface area contributed by atoms with E-state index in [1.165, 1.54) is 43.6 Å². The first-order chi connectivity index (χ1) is 10.3. The summed E-state index contributed by atoms with van der Waals surface area (Å²) in [6.07, 6.45) is 9.99. The summed E-state index contributed by atoms with van der Waals surface area (Å²) in [5.74, 6) is 9.04. The Balaban J connectivity index is 1.52. The van der Waals surface area contributed by atoms with Gasteiger partial charge in [0.15, 0.2) is 0 Å². The highest BCUT2D eigenvalue weighted by atomic mass is 32.2. The second-order valence-corrected chi connectivity index (χ2v) is 8.11. The smallest absolute Gasteiger partial charge is 0.0701 e. The van der Waals surface area contributed by atoms with Crippen LogP contribution in [0, 0.1) is 5.92 Å². The summed E-state index contributed by atoms with van der Waals surface area (Å²) in [5.41, 5.74) is 3.26. The van der Waals surface area contributed by atoms with E-state index < -0.39 is 0 Å². The Morgan fingerprint density at radius 2 is 2.10 bits per heavy atom. The van der Waals surface area contributed by atoms with Gasteiger partial charge in [-0.05, 0) is 68.8 Å². The quantitative estimate of drug-likeness (QED) is 0.603. The number of hydrogen-bond acceptors (Lipinski definition) is 5. The van der Waals surface area contributed by atoms with Crippen molar-refractivity contribution in [3.8, 4) is 0 Å². The maximum atomic E-state index is 6.20. The molecule has 3 rings (SSSR count). The van der Waals surface area contributed by atoms with Crippen molar-refractivity contribution >= 4 is 11.8 Å². The van der Waals surface area contributed by atoms with Gasteiger partial charge in [-0.1, -0.05) is 0 Å². The van der Waals surface area contributed by atoms with Crippen LogP contribution in [0.5, 0.6) is 0 Å². The first-order valence-electron chi connectivity index (χ1n) is 8.61. The van der Waals surface area contributed by atoms with Gasteiger partial charge in [0.1, 0.15) is 0 Å². The fraction of sp³-hybridized carbons (Fsp3) is 1.00. The maximum absolute atomic E-state index is 6.20. The highest BCUT2D eigenvalue weighted by Crippen LogP contribution is 2.41. The number of hydrogen-bond donors (Lipinski definition) is 2. The van der Waals surface area contributed by atoms with Gasteiger partial charge < -0.3 is 9.47 Å². The average Bonchev–Trinajstić information content (AvgIpc) is 3.02. The lowest BCUT2D eigenvalue weighted by atomic mass is 9.77. The van der Waals surface area contributed by atoms with E-state index in [0.29, 0.717) is 18.1 Å². The summed E-state index contributed by atoms with van der Waals surface area (Å²) in [6, 6.07) is 0.421. The lowest BCUT2D eigenvalue weighted by molar-refractivity contribution is -0.108. The van der Waals surface area contributed by atoms with Crippen molar-refractivity contribution in [1.29, 1.82) is 0 Å². The monoisotopic (exact) mass is 314 g/mol. The molecule has 0 aromatic rings. The fourth-order valence-corrected chi connectivity index (χ4v) is 5.43. The van der Waals surface area contributed by atoms with Gasteiger partial charge in [0, 0.05) is 19.3 Å². The standard InChI is InChI=1S/C16H30N2O2S/c17-18-15(4-3-14-2-1-8-19-14)13-5-9-20-16(12-13)6-10-21-11-7-16/h13-15,18H,1-12,17H2. The molecule has 3 fully saturated rings. The summed E-state index contributed by atoms with van der Waals surface area (Å²) in [4.78, 5) is 0. The Morgan fingerprint density at radius 1 is 1.24 bits per heavy atom. The third kappa shape index (κ3) is 4.14. The van der Waals surface area contributed by atoms with Crippen molar-refractivity contribution in [3.63, 3.8) is 0 Å².